The summed E-state index contributed by atoms with van der Waals surface area (Å²) in [5, 5.41) is 22.1. The monoisotopic (exact) mass is 245 g/mol. The fourth-order valence-corrected chi connectivity index (χ4v) is 2.42. The molecule has 0 unspecified atom stereocenters. The molecule has 0 aromatic rings. The average molecular weight is 245 g/mol. The summed E-state index contributed by atoms with van der Waals surface area (Å²) in [5.41, 5.74) is 0. The first kappa shape index (κ1) is 12.8. The van der Waals surface area contributed by atoms with E-state index in [1.54, 1.807) is 13.8 Å². The SMILES string of the molecule is CC1(C)O[C@@H]([C@@H](O)[C@H]2CCC(=O)N2)[C@H](CO)O1. The van der Waals surface area contributed by atoms with Crippen molar-refractivity contribution in [1.82, 2.24) is 5.32 Å². The first-order chi connectivity index (χ1) is 7.93. The van der Waals surface area contributed by atoms with E-state index in [0.29, 0.717) is 12.8 Å². The number of carbonyl (C=O) groups is 1. The molecule has 0 aromatic carbocycles. The van der Waals surface area contributed by atoms with E-state index in [1.807, 2.05) is 0 Å². The maximum atomic E-state index is 11.1. The molecule has 98 valence electrons. The Morgan fingerprint density at radius 1 is 1.53 bits per heavy atom. The van der Waals surface area contributed by atoms with Crippen molar-refractivity contribution in [3.63, 3.8) is 0 Å². The van der Waals surface area contributed by atoms with Crippen LogP contribution >= 0.6 is 0 Å². The lowest BCUT2D eigenvalue weighted by atomic mass is 10.0. The van der Waals surface area contributed by atoms with Crippen molar-refractivity contribution in [2.75, 3.05) is 6.61 Å². The molecule has 3 N–H and O–H groups in total. The van der Waals surface area contributed by atoms with E-state index in [-0.39, 0.29) is 18.6 Å². The zero-order chi connectivity index (χ0) is 12.6. The Labute approximate surface area is 99.9 Å². The molecule has 0 aliphatic carbocycles. The van der Waals surface area contributed by atoms with Gasteiger partial charge in [-0.15, -0.1) is 0 Å². The summed E-state index contributed by atoms with van der Waals surface area (Å²) >= 11 is 0. The largest absolute Gasteiger partial charge is 0.394 e. The van der Waals surface area contributed by atoms with Gasteiger partial charge in [0.2, 0.25) is 5.91 Å². The van der Waals surface area contributed by atoms with E-state index in [9.17, 15) is 15.0 Å². The van der Waals surface area contributed by atoms with Crippen molar-refractivity contribution in [2.24, 2.45) is 0 Å². The normalized spacial score (nSPS) is 38.1. The molecule has 2 fully saturated rings. The molecule has 1 amide bonds. The molecule has 2 saturated heterocycles. The van der Waals surface area contributed by atoms with Crippen LogP contribution in [0.1, 0.15) is 26.7 Å². The summed E-state index contributed by atoms with van der Waals surface area (Å²) < 4.78 is 11.1. The van der Waals surface area contributed by atoms with Crippen molar-refractivity contribution < 1.29 is 24.5 Å². The Hall–Kier alpha value is -0.690. The second kappa shape index (κ2) is 4.53. The average Bonchev–Trinajstić information content (AvgIpc) is 2.80. The summed E-state index contributed by atoms with van der Waals surface area (Å²) in [6.07, 6.45) is -1.03. The molecule has 2 heterocycles. The van der Waals surface area contributed by atoms with Gasteiger partial charge in [-0.2, -0.15) is 0 Å². The van der Waals surface area contributed by atoms with Crippen LogP contribution in [-0.2, 0) is 14.3 Å². The Balaban J connectivity index is 2.03. The van der Waals surface area contributed by atoms with E-state index in [0.717, 1.165) is 0 Å². The summed E-state index contributed by atoms with van der Waals surface area (Å²) in [6, 6.07) is -0.320. The third-order valence-corrected chi connectivity index (χ3v) is 3.18. The minimum Gasteiger partial charge on any atom is -0.394 e. The molecule has 17 heavy (non-hydrogen) atoms. The first-order valence-electron chi connectivity index (χ1n) is 5.87. The molecule has 0 saturated carbocycles. The molecule has 2 aliphatic heterocycles. The molecular weight excluding hydrogens is 226 g/mol. The number of aliphatic hydroxyl groups excluding tert-OH is 2. The lowest BCUT2D eigenvalue weighted by molar-refractivity contribution is -0.158. The van der Waals surface area contributed by atoms with Crippen molar-refractivity contribution in [1.29, 1.82) is 0 Å². The Morgan fingerprint density at radius 2 is 2.24 bits per heavy atom. The number of ether oxygens (including phenoxy) is 2. The van der Waals surface area contributed by atoms with Crippen LogP contribution in [0.25, 0.3) is 0 Å². The summed E-state index contributed by atoms with van der Waals surface area (Å²) in [6.45, 7) is 3.25. The molecule has 2 rings (SSSR count). The van der Waals surface area contributed by atoms with Gasteiger partial charge in [0.15, 0.2) is 5.79 Å². The highest BCUT2D eigenvalue weighted by molar-refractivity contribution is 5.78. The van der Waals surface area contributed by atoms with Crippen LogP contribution in [0.2, 0.25) is 0 Å². The molecule has 0 radical (unpaired) electrons. The summed E-state index contributed by atoms with van der Waals surface area (Å²) in [5.74, 6) is -0.880. The third kappa shape index (κ3) is 2.60. The Bertz CT molecular complexity index is 306. The van der Waals surface area contributed by atoms with Crippen LogP contribution in [-0.4, -0.2) is 52.9 Å². The van der Waals surface area contributed by atoms with Crippen LogP contribution in [0.15, 0.2) is 0 Å². The van der Waals surface area contributed by atoms with Gasteiger partial charge in [-0.25, -0.2) is 0 Å². The van der Waals surface area contributed by atoms with Crippen LogP contribution in [0.5, 0.6) is 0 Å². The smallest absolute Gasteiger partial charge is 0.220 e. The second-order valence-electron chi connectivity index (χ2n) is 5.02. The number of hydrogen-bond acceptors (Lipinski definition) is 5. The third-order valence-electron chi connectivity index (χ3n) is 3.18. The van der Waals surface area contributed by atoms with Crippen LogP contribution in [0.3, 0.4) is 0 Å². The highest BCUT2D eigenvalue weighted by atomic mass is 16.8. The van der Waals surface area contributed by atoms with Crippen molar-refractivity contribution in [3.05, 3.63) is 0 Å². The van der Waals surface area contributed by atoms with Crippen LogP contribution in [0, 0.1) is 0 Å². The van der Waals surface area contributed by atoms with Gasteiger partial charge in [0.25, 0.3) is 0 Å². The standard InChI is InChI=1S/C11H19NO5/c1-11(2)16-7(5-13)10(17-11)9(15)6-3-4-8(14)12-6/h6-7,9-10,13,15H,3-5H2,1-2H3,(H,12,14)/t6-,7+,9+,10-/m1/s1. The lowest BCUT2D eigenvalue weighted by Gasteiger charge is -2.26. The molecule has 0 spiro atoms. The van der Waals surface area contributed by atoms with Gasteiger partial charge in [0.05, 0.1) is 12.6 Å². The minimum absolute atomic E-state index is 0.0622. The highest BCUT2D eigenvalue weighted by Crippen LogP contribution is 2.31. The molecule has 4 atom stereocenters. The van der Waals surface area contributed by atoms with Crippen molar-refractivity contribution >= 4 is 5.91 Å². The fraction of sp³-hybridized carbons (Fsp3) is 0.909. The molecule has 6 heteroatoms. The van der Waals surface area contributed by atoms with Gasteiger partial charge < -0.3 is 25.0 Å². The van der Waals surface area contributed by atoms with Crippen molar-refractivity contribution in [2.45, 2.75) is 56.8 Å². The minimum atomic E-state index is -0.861. The van der Waals surface area contributed by atoms with Gasteiger partial charge in [0, 0.05) is 6.42 Å². The van der Waals surface area contributed by atoms with Crippen molar-refractivity contribution in [3.8, 4) is 0 Å². The zero-order valence-electron chi connectivity index (χ0n) is 10.0. The second-order valence-corrected chi connectivity index (χ2v) is 5.02. The molecule has 0 aromatic heterocycles. The maximum Gasteiger partial charge on any atom is 0.220 e. The summed E-state index contributed by atoms with van der Waals surface area (Å²) in [7, 11) is 0. The number of rotatable bonds is 3. The predicted octanol–water partition coefficient (Wildman–Crippen LogP) is -0.862. The number of carbonyl (C=O) groups excluding carboxylic acids is 1. The number of amides is 1. The predicted molar refractivity (Wildman–Crippen MR) is 58.1 cm³/mol. The van der Waals surface area contributed by atoms with E-state index in [2.05, 4.69) is 5.32 Å². The number of hydrogen-bond donors (Lipinski definition) is 3. The molecular formula is C11H19NO5. The van der Waals surface area contributed by atoms with E-state index >= 15 is 0 Å². The van der Waals surface area contributed by atoms with Gasteiger partial charge in [-0.3, -0.25) is 4.79 Å². The van der Waals surface area contributed by atoms with Gasteiger partial charge in [0.1, 0.15) is 18.3 Å². The van der Waals surface area contributed by atoms with Gasteiger partial charge >= 0.3 is 0 Å². The number of nitrogens with one attached hydrogen (secondary N) is 1. The highest BCUT2D eigenvalue weighted by Gasteiger charge is 2.47. The summed E-state index contributed by atoms with van der Waals surface area (Å²) in [4.78, 5) is 11.1. The Morgan fingerprint density at radius 3 is 2.76 bits per heavy atom. The molecule has 0 bridgehead atoms. The van der Waals surface area contributed by atoms with Gasteiger partial charge in [-0.1, -0.05) is 0 Å². The first-order valence-corrected chi connectivity index (χ1v) is 5.87. The molecule has 2 aliphatic rings. The Kier molecular flexibility index (Phi) is 3.40. The zero-order valence-corrected chi connectivity index (χ0v) is 10.0. The molecule has 6 nitrogen and oxygen atoms in total. The van der Waals surface area contributed by atoms with E-state index in [4.69, 9.17) is 9.47 Å². The number of aliphatic hydroxyl groups is 2. The fourth-order valence-electron chi connectivity index (χ4n) is 2.42. The quantitative estimate of drug-likeness (QED) is 0.602. The van der Waals surface area contributed by atoms with Crippen LogP contribution < -0.4 is 5.32 Å². The van der Waals surface area contributed by atoms with Gasteiger partial charge in [-0.05, 0) is 20.3 Å². The topological polar surface area (TPSA) is 88.0 Å². The lowest BCUT2D eigenvalue weighted by Crippen LogP contribution is -2.48. The van der Waals surface area contributed by atoms with E-state index < -0.39 is 24.1 Å². The van der Waals surface area contributed by atoms with Crippen LogP contribution in [0.4, 0.5) is 0 Å². The maximum absolute atomic E-state index is 11.1. The van der Waals surface area contributed by atoms with E-state index in [1.165, 1.54) is 0 Å².